The summed E-state index contributed by atoms with van der Waals surface area (Å²) < 4.78 is 75.9. The van der Waals surface area contributed by atoms with Gasteiger partial charge >= 0.3 is 18.3 Å². The molecule has 4 N–H and O–H groups in total. The van der Waals surface area contributed by atoms with E-state index in [2.05, 4.69) is 0 Å². The smallest absolute Gasteiger partial charge is 0.426 e. The van der Waals surface area contributed by atoms with Gasteiger partial charge in [0, 0.05) is 30.3 Å². The van der Waals surface area contributed by atoms with Crippen LogP contribution in [-0.4, -0.2) is 18.8 Å². The summed E-state index contributed by atoms with van der Waals surface area (Å²) in [6.07, 6.45) is -6.26. The number of ether oxygens (including phenoxy) is 2. The minimum absolute atomic E-state index is 0.114. The van der Waals surface area contributed by atoms with Crippen molar-refractivity contribution >= 4 is 23.4 Å². The number of hydrogen-bond acceptors (Lipinski definition) is 5. The molecule has 0 aliphatic rings. The Bertz CT molecular complexity index is 1220. The number of nitrogens with two attached hydrogens (primary N) is 2. The zero-order chi connectivity index (χ0) is 27.1. The van der Waals surface area contributed by atoms with E-state index in [9.17, 15) is 26.7 Å². The lowest BCUT2D eigenvalue weighted by Gasteiger charge is -2.18. The number of rotatable bonds is 10. The molecule has 0 bridgehead atoms. The van der Waals surface area contributed by atoms with Gasteiger partial charge in [-0.15, -0.1) is 0 Å². The number of hydrogen-bond donors (Lipinski definition) is 2. The monoisotopic (exact) mass is 520 g/mol. The molecular formula is C27H25F5N2O3. The summed E-state index contributed by atoms with van der Waals surface area (Å²) in [6.45, 7) is 0.114. The minimum atomic E-state index is -4.32. The second-order valence-corrected chi connectivity index (χ2v) is 8.21. The summed E-state index contributed by atoms with van der Waals surface area (Å²) in [4.78, 5) is 11.9. The van der Waals surface area contributed by atoms with E-state index in [4.69, 9.17) is 20.9 Å². The van der Waals surface area contributed by atoms with Crippen molar-refractivity contribution in [2.75, 3.05) is 18.1 Å². The molecule has 0 spiro atoms. The zero-order valence-corrected chi connectivity index (χ0v) is 19.6. The normalized spacial score (nSPS) is 12.0. The fraction of sp³-hybridized carbons (Fsp3) is 0.222. The van der Waals surface area contributed by atoms with Gasteiger partial charge < -0.3 is 20.9 Å². The fourth-order valence-electron chi connectivity index (χ4n) is 3.32. The molecule has 0 aliphatic carbocycles. The lowest BCUT2D eigenvalue weighted by molar-refractivity contribution is -0.185. The van der Waals surface area contributed by atoms with E-state index in [1.165, 1.54) is 48.6 Å². The van der Waals surface area contributed by atoms with Gasteiger partial charge in [0.15, 0.2) is 0 Å². The Kier molecular flexibility index (Phi) is 8.75. The van der Waals surface area contributed by atoms with Crippen molar-refractivity contribution < 1.29 is 36.2 Å². The van der Waals surface area contributed by atoms with Gasteiger partial charge in [-0.2, -0.15) is 22.0 Å². The van der Waals surface area contributed by atoms with Crippen LogP contribution in [0.1, 0.15) is 28.7 Å². The molecule has 0 fully saturated rings. The number of carbonyl (C=O) groups excluding carboxylic acids is 1. The SMILES string of the molecule is Nc1ccc(CCOC(=O)/C=C/c2ccc(OC(F)(F)c3ccc(CCC(F)(F)F)cc3)cc2)c(N)c1. The van der Waals surface area contributed by atoms with E-state index in [1.54, 1.807) is 18.2 Å². The Morgan fingerprint density at radius 1 is 0.865 bits per heavy atom. The maximum absolute atomic E-state index is 14.5. The van der Waals surface area contributed by atoms with Gasteiger partial charge in [-0.25, -0.2) is 4.79 Å². The third-order valence-electron chi connectivity index (χ3n) is 5.31. The van der Waals surface area contributed by atoms with Crippen LogP contribution in [0.3, 0.4) is 0 Å². The molecule has 5 nitrogen and oxygen atoms in total. The number of aryl methyl sites for hydroxylation is 1. The molecule has 3 rings (SSSR count). The van der Waals surface area contributed by atoms with Crippen LogP contribution in [0.25, 0.3) is 6.08 Å². The Labute approximate surface area is 210 Å². The molecule has 0 atom stereocenters. The number of benzene rings is 3. The van der Waals surface area contributed by atoms with Crippen LogP contribution in [0.15, 0.2) is 72.8 Å². The number of carbonyl (C=O) groups is 1. The van der Waals surface area contributed by atoms with E-state index >= 15 is 0 Å². The van der Waals surface area contributed by atoms with Crippen LogP contribution >= 0.6 is 0 Å². The highest BCUT2D eigenvalue weighted by Gasteiger charge is 2.34. The Hall–Kier alpha value is -4.08. The van der Waals surface area contributed by atoms with Crippen molar-refractivity contribution in [3.63, 3.8) is 0 Å². The number of halogens is 5. The van der Waals surface area contributed by atoms with E-state index in [0.29, 0.717) is 28.9 Å². The van der Waals surface area contributed by atoms with Crippen molar-refractivity contribution in [2.24, 2.45) is 0 Å². The Balaban J connectivity index is 1.50. The lowest BCUT2D eigenvalue weighted by atomic mass is 10.1. The van der Waals surface area contributed by atoms with E-state index in [1.807, 2.05) is 0 Å². The van der Waals surface area contributed by atoms with E-state index in [0.717, 1.165) is 17.7 Å². The molecule has 0 saturated heterocycles. The molecule has 37 heavy (non-hydrogen) atoms. The van der Waals surface area contributed by atoms with Crippen LogP contribution in [0, 0.1) is 0 Å². The van der Waals surface area contributed by atoms with E-state index in [-0.39, 0.29) is 18.8 Å². The van der Waals surface area contributed by atoms with Crippen LogP contribution in [-0.2, 0) is 28.5 Å². The van der Waals surface area contributed by atoms with Gasteiger partial charge in [0.25, 0.3) is 0 Å². The summed E-state index contributed by atoms with van der Waals surface area (Å²) in [7, 11) is 0. The van der Waals surface area contributed by atoms with Gasteiger partial charge in [0.05, 0.1) is 12.2 Å². The average Bonchev–Trinajstić information content (AvgIpc) is 2.83. The molecule has 3 aromatic rings. The molecule has 3 aromatic carbocycles. The van der Waals surface area contributed by atoms with Crippen molar-refractivity contribution in [3.8, 4) is 5.75 Å². The highest BCUT2D eigenvalue weighted by atomic mass is 19.4. The number of esters is 1. The zero-order valence-electron chi connectivity index (χ0n) is 19.6. The Morgan fingerprint density at radius 3 is 2.16 bits per heavy atom. The maximum atomic E-state index is 14.5. The molecule has 0 heterocycles. The average molecular weight is 520 g/mol. The standard InChI is InChI=1S/C27H25F5N2O3/c28-26(29,30)15-13-19-1-7-21(8-2-19)27(31,32)37-23-10-3-18(4-11-23)5-12-25(35)36-16-14-20-6-9-22(33)17-24(20)34/h1-12,17H,13-16,33-34H2/b12-5+. The first-order chi connectivity index (χ1) is 17.4. The van der Waals surface area contributed by atoms with Crippen LogP contribution in [0.4, 0.5) is 33.3 Å². The third kappa shape index (κ3) is 8.82. The van der Waals surface area contributed by atoms with Gasteiger partial charge in [0.2, 0.25) is 0 Å². The number of nitrogen functional groups attached to an aromatic ring is 2. The molecule has 0 saturated carbocycles. The summed E-state index contributed by atoms with van der Waals surface area (Å²) in [6, 6.07) is 15.2. The van der Waals surface area contributed by atoms with Gasteiger partial charge in [-0.1, -0.05) is 30.3 Å². The Morgan fingerprint density at radius 2 is 1.54 bits per heavy atom. The lowest BCUT2D eigenvalue weighted by Crippen LogP contribution is -2.21. The first-order valence-corrected chi connectivity index (χ1v) is 11.2. The quantitative estimate of drug-likeness (QED) is 0.142. The second kappa shape index (κ2) is 11.8. The summed E-state index contributed by atoms with van der Waals surface area (Å²) in [5.74, 6) is -0.716. The summed E-state index contributed by atoms with van der Waals surface area (Å²) >= 11 is 0. The number of alkyl halides is 5. The summed E-state index contributed by atoms with van der Waals surface area (Å²) in [5, 5.41) is 0. The molecule has 0 aliphatic heterocycles. The first kappa shape index (κ1) is 27.5. The highest BCUT2D eigenvalue weighted by molar-refractivity contribution is 5.87. The van der Waals surface area contributed by atoms with Crippen LogP contribution in [0.5, 0.6) is 5.75 Å². The topological polar surface area (TPSA) is 87.6 Å². The van der Waals surface area contributed by atoms with Crippen LogP contribution < -0.4 is 16.2 Å². The maximum Gasteiger partial charge on any atom is 0.426 e. The predicted octanol–water partition coefficient (Wildman–Crippen LogP) is 6.27. The second-order valence-electron chi connectivity index (χ2n) is 8.21. The van der Waals surface area contributed by atoms with Crippen molar-refractivity contribution in [3.05, 3.63) is 95.1 Å². The van der Waals surface area contributed by atoms with Gasteiger partial charge in [0.1, 0.15) is 5.75 Å². The van der Waals surface area contributed by atoms with Gasteiger partial charge in [-0.3, -0.25) is 0 Å². The molecule has 0 radical (unpaired) electrons. The molecule has 10 heteroatoms. The highest BCUT2D eigenvalue weighted by Crippen LogP contribution is 2.32. The van der Waals surface area contributed by atoms with Crippen molar-refractivity contribution in [1.82, 2.24) is 0 Å². The molecule has 0 amide bonds. The molecular weight excluding hydrogens is 495 g/mol. The molecule has 0 unspecified atom stereocenters. The largest absolute Gasteiger partial charge is 0.462 e. The minimum Gasteiger partial charge on any atom is -0.462 e. The molecule has 0 aromatic heterocycles. The van der Waals surface area contributed by atoms with Crippen molar-refractivity contribution in [1.29, 1.82) is 0 Å². The predicted molar refractivity (Wildman–Crippen MR) is 131 cm³/mol. The van der Waals surface area contributed by atoms with Gasteiger partial charge in [-0.05, 0) is 65.6 Å². The molecule has 196 valence electrons. The first-order valence-electron chi connectivity index (χ1n) is 11.2. The summed E-state index contributed by atoms with van der Waals surface area (Å²) in [5.41, 5.74) is 13.7. The third-order valence-corrected chi connectivity index (χ3v) is 5.31. The van der Waals surface area contributed by atoms with Crippen molar-refractivity contribution in [2.45, 2.75) is 31.5 Å². The number of anilines is 2. The fourth-order valence-corrected chi connectivity index (χ4v) is 3.32. The van der Waals surface area contributed by atoms with E-state index < -0.39 is 30.2 Å². The van der Waals surface area contributed by atoms with Crippen LogP contribution in [0.2, 0.25) is 0 Å².